The number of fused-ring (bicyclic) bond motifs is 1. The summed E-state index contributed by atoms with van der Waals surface area (Å²) in [5.74, 6) is -3.66. The predicted molar refractivity (Wildman–Crippen MR) is 119 cm³/mol. The van der Waals surface area contributed by atoms with Gasteiger partial charge in [-0.15, -0.1) is 0 Å². The minimum Gasteiger partial charge on any atom is -0.470 e. The van der Waals surface area contributed by atoms with E-state index in [0.29, 0.717) is 23.2 Å². The molecule has 1 aromatic carbocycles. The maximum atomic E-state index is 13.1. The maximum Gasteiger partial charge on any atom is 0.343 e. The van der Waals surface area contributed by atoms with E-state index >= 15 is 0 Å². The van der Waals surface area contributed by atoms with Crippen LogP contribution in [0.2, 0.25) is 5.02 Å². The summed E-state index contributed by atoms with van der Waals surface area (Å²) in [6.45, 7) is 2.04. The van der Waals surface area contributed by atoms with E-state index in [-0.39, 0.29) is 22.6 Å². The molecule has 0 N–H and O–H groups in total. The summed E-state index contributed by atoms with van der Waals surface area (Å²) in [4.78, 5) is 34.9. The fourth-order valence-electron chi connectivity index (χ4n) is 3.48. The Labute approximate surface area is 199 Å². The number of rotatable bonds is 7. The quantitative estimate of drug-likeness (QED) is 0.340. The highest BCUT2D eigenvalue weighted by molar-refractivity contribution is 6.31. The lowest BCUT2D eigenvalue weighted by atomic mass is 10.1. The van der Waals surface area contributed by atoms with Crippen LogP contribution in [0.15, 0.2) is 55.0 Å². The number of nitrogens with zero attached hydrogens (tertiary/aromatic N) is 3. The predicted octanol–water partition coefficient (Wildman–Crippen LogP) is 5.10. The highest BCUT2D eigenvalue weighted by Gasteiger charge is 2.32. The summed E-state index contributed by atoms with van der Waals surface area (Å²) in [5.41, 5.74) is 2.17. The van der Waals surface area contributed by atoms with Crippen LogP contribution in [0.4, 0.5) is 8.78 Å². The Morgan fingerprint density at radius 2 is 1.97 bits per heavy atom. The smallest absolute Gasteiger partial charge is 0.343 e. The van der Waals surface area contributed by atoms with Crippen LogP contribution >= 0.6 is 11.6 Å². The van der Waals surface area contributed by atoms with E-state index in [9.17, 15) is 18.4 Å². The number of hydrogen-bond acceptors (Lipinski definition) is 6. The molecule has 0 fully saturated rings. The van der Waals surface area contributed by atoms with Gasteiger partial charge in [0.2, 0.25) is 5.88 Å². The lowest BCUT2D eigenvalue weighted by molar-refractivity contribution is -0.0242. The molecule has 1 unspecified atom stereocenters. The second kappa shape index (κ2) is 9.34. The first-order valence-electron chi connectivity index (χ1n) is 10.3. The van der Waals surface area contributed by atoms with Gasteiger partial charge in [0.15, 0.2) is 6.61 Å². The zero-order valence-corrected chi connectivity index (χ0v) is 19.1. The fourth-order valence-corrected chi connectivity index (χ4v) is 3.71. The summed E-state index contributed by atoms with van der Waals surface area (Å²) in [6, 6.07) is 9.11. The minimum absolute atomic E-state index is 0.0723. The van der Waals surface area contributed by atoms with Gasteiger partial charge in [0, 0.05) is 37.6 Å². The summed E-state index contributed by atoms with van der Waals surface area (Å²) in [7, 11) is 0. The number of carbonyl (C=O) groups is 2. The van der Waals surface area contributed by atoms with Gasteiger partial charge in [-0.25, -0.2) is 18.6 Å². The number of halogens is 3. The SMILES string of the molecule is CC(c1cnc(OCC(C)(F)F)c(Cl)c1)N1Cc2ccc(OC(=O)c3ccncc3)cc2C1=O. The lowest BCUT2D eigenvalue weighted by Gasteiger charge is -2.25. The maximum absolute atomic E-state index is 13.1. The van der Waals surface area contributed by atoms with Crippen LogP contribution in [0.3, 0.4) is 0 Å². The van der Waals surface area contributed by atoms with E-state index in [0.717, 1.165) is 12.5 Å². The van der Waals surface area contributed by atoms with E-state index < -0.39 is 24.5 Å². The molecular weight excluding hydrogens is 468 g/mol. The first kappa shape index (κ1) is 23.6. The zero-order valence-electron chi connectivity index (χ0n) is 18.3. The average molecular weight is 488 g/mol. The Bertz CT molecular complexity index is 1230. The molecule has 1 aliphatic rings. The van der Waals surface area contributed by atoms with E-state index in [4.69, 9.17) is 21.1 Å². The van der Waals surface area contributed by atoms with Gasteiger partial charge in [0.25, 0.3) is 11.8 Å². The van der Waals surface area contributed by atoms with Crippen LogP contribution in [-0.4, -0.2) is 39.3 Å². The number of benzene rings is 1. The molecule has 10 heteroatoms. The van der Waals surface area contributed by atoms with Crippen molar-refractivity contribution in [2.75, 3.05) is 6.61 Å². The van der Waals surface area contributed by atoms with Crippen LogP contribution in [0, 0.1) is 0 Å². The molecule has 7 nitrogen and oxygen atoms in total. The molecular formula is C24H20ClF2N3O4. The van der Waals surface area contributed by atoms with Crippen molar-refractivity contribution in [1.29, 1.82) is 0 Å². The van der Waals surface area contributed by atoms with Crippen molar-refractivity contribution < 1.29 is 27.8 Å². The van der Waals surface area contributed by atoms with Crippen molar-refractivity contribution >= 4 is 23.5 Å². The normalized spacial score (nSPS) is 14.0. The van der Waals surface area contributed by atoms with Crippen molar-refractivity contribution in [1.82, 2.24) is 14.9 Å². The highest BCUT2D eigenvalue weighted by Crippen LogP contribution is 2.35. The Hall–Kier alpha value is -3.59. The Morgan fingerprint density at radius 1 is 1.24 bits per heavy atom. The number of hydrogen-bond donors (Lipinski definition) is 0. The Morgan fingerprint density at radius 3 is 2.65 bits per heavy atom. The van der Waals surface area contributed by atoms with Gasteiger partial charge < -0.3 is 14.4 Å². The van der Waals surface area contributed by atoms with E-state index in [1.165, 1.54) is 36.8 Å². The Kier molecular flexibility index (Phi) is 6.47. The summed E-state index contributed by atoms with van der Waals surface area (Å²) in [5, 5.41) is 0.0723. The van der Waals surface area contributed by atoms with Crippen molar-refractivity contribution in [3.8, 4) is 11.6 Å². The van der Waals surface area contributed by atoms with Crippen LogP contribution < -0.4 is 9.47 Å². The zero-order chi connectivity index (χ0) is 24.5. The van der Waals surface area contributed by atoms with Crippen molar-refractivity contribution in [3.05, 3.63) is 82.3 Å². The summed E-state index contributed by atoms with van der Waals surface area (Å²) >= 11 is 6.17. The topological polar surface area (TPSA) is 81.6 Å². The Balaban J connectivity index is 1.47. The molecule has 0 bridgehead atoms. The van der Waals surface area contributed by atoms with Crippen LogP contribution in [0.5, 0.6) is 11.6 Å². The molecule has 2 aromatic heterocycles. The van der Waals surface area contributed by atoms with E-state index in [1.807, 2.05) is 6.92 Å². The third kappa shape index (κ3) is 5.14. The number of ether oxygens (including phenoxy) is 2. The van der Waals surface area contributed by atoms with E-state index in [2.05, 4.69) is 9.97 Å². The molecule has 1 atom stereocenters. The molecule has 0 spiro atoms. The number of aromatic nitrogens is 2. The van der Waals surface area contributed by atoms with Gasteiger partial charge in [-0.3, -0.25) is 9.78 Å². The standard InChI is InChI=1S/C24H20ClF2N3O4/c1-14(17-9-20(25)21(29-11-17)33-13-24(2,26)27)30-12-16-3-4-18(10-19(16)22(30)31)34-23(32)15-5-7-28-8-6-15/h3-11,14H,12-13H2,1-2H3. The van der Waals surface area contributed by atoms with Crippen molar-refractivity contribution in [3.63, 3.8) is 0 Å². The number of esters is 1. The molecule has 0 saturated carbocycles. The third-order valence-electron chi connectivity index (χ3n) is 5.28. The first-order valence-corrected chi connectivity index (χ1v) is 10.7. The molecule has 1 aliphatic heterocycles. The molecule has 0 saturated heterocycles. The number of alkyl halides is 2. The molecule has 1 amide bonds. The summed E-state index contributed by atoms with van der Waals surface area (Å²) < 4.78 is 36.5. The number of carbonyl (C=O) groups excluding carboxylic acids is 2. The van der Waals surface area contributed by atoms with Gasteiger partial charge in [0.05, 0.1) is 11.6 Å². The van der Waals surface area contributed by atoms with Crippen LogP contribution in [0.1, 0.15) is 51.7 Å². The minimum atomic E-state index is -3.02. The van der Waals surface area contributed by atoms with Crippen molar-refractivity contribution in [2.24, 2.45) is 0 Å². The molecule has 34 heavy (non-hydrogen) atoms. The molecule has 176 valence electrons. The van der Waals surface area contributed by atoms with Gasteiger partial charge >= 0.3 is 5.97 Å². The second-order valence-electron chi connectivity index (χ2n) is 7.97. The van der Waals surface area contributed by atoms with Gasteiger partial charge in [-0.05, 0) is 48.4 Å². The largest absolute Gasteiger partial charge is 0.470 e. The molecule has 3 aromatic rings. The van der Waals surface area contributed by atoms with Crippen molar-refractivity contribution in [2.45, 2.75) is 32.4 Å². The molecule has 4 rings (SSSR count). The number of pyridine rings is 2. The number of amides is 1. The van der Waals surface area contributed by atoms with Gasteiger partial charge in [0.1, 0.15) is 10.8 Å². The van der Waals surface area contributed by atoms with E-state index in [1.54, 1.807) is 23.1 Å². The van der Waals surface area contributed by atoms with Gasteiger partial charge in [-0.2, -0.15) is 0 Å². The third-order valence-corrected chi connectivity index (χ3v) is 5.55. The van der Waals surface area contributed by atoms with Gasteiger partial charge in [-0.1, -0.05) is 17.7 Å². The second-order valence-corrected chi connectivity index (χ2v) is 8.38. The average Bonchev–Trinajstić information content (AvgIpc) is 3.13. The lowest BCUT2D eigenvalue weighted by Crippen LogP contribution is -2.27. The molecule has 3 heterocycles. The monoisotopic (exact) mass is 487 g/mol. The van der Waals surface area contributed by atoms with Crippen LogP contribution in [-0.2, 0) is 6.54 Å². The van der Waals surface area contributed by atoms with Crippen LogP contribution in [0.25, 0.3) is 0 Å². The summed E-state index contributed by atoms with van der Waals surface area (Å²) in [6.07, 6.45) is 4.42. The fraction of sp³-hybridized carbons (Fsp3) is 0.250. The first-order chi connectivity index (χ1) is 16.1. The molecule has 0 aliphatic carbocycles. The molecule has 0 radical (unpaired) electrons. The highest BCUT2D eigenvalue weighted by atomic mass is 35.5.